The van der Waals surface area contributed by atoms with Crippen LogP contribution in [-0.4, -0.2) is 74.9 Å². The second kappa shape index (κ2) is 16.2. The minimum absolute atomic E-state index is 0.00473. The summed E-state index contributed by atoms with van der Waals surface area (Å²) in [6.07, 6.45) is -0.415. The number of alkyl halides is 3. The van der Waals surface area contributed by atoms with Crippen LogP contribution in [-0.2, 0) is 31.0 Å². The molecule has 2 N–H and O–H groups in total. The summed E-state index contributed by atoms with van der Waals surface area (Å²) in [5.74, 6) is -5.55. The van der Waals surface area contributed by atoms with E-state index in [0.29, 0.717) is 13.1 Å². The largest absolute Gasteiger partial charge is 0.573 e. The number of halogens is 3. The van der Waals surface area contributed by atoms with Crippen molar-refractivity contribution < 1.29 is 51.7 Å². The number of aliphatic hydroxyl groups excluding tert-OH is 1. The zero-order valence-electron chi connectivity index (χ0n) is 32.2. The van der Waals surface area contributed by atoms with E-state index in [1.165, 1.54) is 6.07 Å². The molecule has 3 aromatic carbocycles. The number of ether oxygens (including phenoxy) is 3. The van der Waals surface area contributed by atoms with Crippen molar-refractivity contribution in [3.05, 3.63) is 137 Å². The number of likely N-dealkylation sites (tertiary alicyclic amines) is 1. The maximum absolute atomic E-state index is 15.1. The van der Waals surface area contributed by atoms with E-state index >= 15 is 4.79 Å². The van der Waals surface area contributed by atoms with E-state index in [2.05, 4.69) is 18.3 Å². The third kappa shape index (κ3) is 7.45. The molecule has 59 heavy (non-hydrogen) atoms. The topological polar surface area (TPSA) is 135 Å². The highest BCUT2D eigenvalue weighted by molar-refractivity contribution is 6.26. The van der Waals surface area contributed by atoms with Gasteiger partial charge in [0.1, 0.15) is 36.0 Å². The van der Waals surface area contributed by atoms with Gasteiger partial charge < -0.3 is 28.9 Å². The number of rotatable bonds is 14. The predicted molar refractivity (Wildman–Crippen MR) is 210 cm³/mol. The molecule has 308 valence electrons. The van der Waals surface area contributed by atoms with E-state index in [1.54, 1.807) is 12.2 Å². The molecule has 1 saturated carbocycles. The summed E-state index contributed by atoms with van der Waals surface area (Å²) >= 11 is 0. The van der Waals surface area contributed by atoms with Gasteiger partial charge in [-0.2, -0.15) is 0 Å². The van der Waals surface area contributed by atoms with E-state index in [4.69, 9.17) is 18.7 Å². The second-order valence-corrected chi connectivity index (χ2v) is 15.4. The molecule has 1 aromatic heterocycles. The quantitative estimate of drug-likeness (QED) is 0.0959. The molecule has 1 saturated heterocycles. The third-order valence-corrected chi connectivity index (χ3v) is 11.7. The maximum Gasteiger partial charge on any atom is 0.573 e. The van der Waals surface area contributed by atoms with Crippen molar-refractivity contribution >= 4 is 17.3 Å². The number of carbonyl (C=O) groups is 2. The highest BCUT2D eigenvalue weighted by Gasteiger charge is 2.66. The molecule has 0 amide bonds. The summed E-state index contributed by atoms with van der Waals surface area (Å²) in [5, 5.41) is 29.1. The number of benzene rings is 3. The van der Waals surface area contributed by atoms with Gasteiger partial charge in [-0.15, -0.1) is 26.3 Å². The summed E-state index contributed by atoms with van der Waals surface area (Å²) < 4.78 is 66.0. The number of carbonyl (C=O) groups excluding carboxylic acids is 2. The lowest BCUT2D eigenvalue weighted by atomic mass is 9.57. The van der Waals surface area contributed by atoms with Gasteiger partial charge in [-0.25, -0.2) is 0 Å². The van der Waals surface area contributed by atoms with E-state index in [-0.39, 0.29) is 90.9 Å². The first kappa shape index (κ1) is 40.1. The molecule has 0 unspecified atom stereocenters. The van der Waals surface area contributed by atoms with E-state index in [1.807, 2.05) is 70.5 Å². The molecule has 0 radical (unpaired) electrons. The van der Waals surface area contributed by atoms with Crippen molar-refractivity contribution in [3.8, 4) is 17.4 Å². The molecular formula is C45H44F3N3O8. The fourth-order valence-electron chi connectivity index (χ4n) is 9.20. The molecule has 0 spiro atoms. The number of hydrogen-bond donors (Lipinski definition) is 2. The summed E-state index contributed by atoms with van der Waals surface area (Å²) in [6, 6.07) is 18.6. The molecule has 0 bridgehead atoms. The fraction of sp³-hybridized carbons (Fsp3) is 0.356. The van der Waals surface area contributed by atoms with Crippen LogP contribution < -0.4 is 14.2 Å². The number of aromatic nitrogens is 1. The molecule has 4 aliphatic rings. The monoisotopic (exact) mass is 811 g/mol. The van der Waals surface area contributed by atoms with Crippen LogP contribution in [0.5, 0.6) is 17.4 Å². The number of Topliss-reactive ketones (excluding diaryl/α,β-unsaturated/α-hetero) is 2. The third-order valence-electron chi connectivity index (χ3n) is 11.7. The predicted octanol–water partition coefficient (Wildman–Crippen LogP) is 7.70. The fourth-order valence-corrected chi connectivity index (χ4v) is 9.20. The van der Waals surface area contributed by atoms with Gasteiger partial charge in [0.25, 0.3) is 5.88 Å². The summed E-state index contributed by atoms with van der Waals surface area (Å²) in [5.41, 5.74) is -1.70. The SMILES string of the molecule is C=CCN(CC=C)[C@@H]1c2onc(OCc3ccccc3)c2C(=O)[C@@]2(O)C(=O)C3=C(O)c4c(OCc5ccccc5)cc(CN5CCCC5)c(OC(F)(F)F)c4C[C@H]3C[C@@H]12. The lowest BCUT2D eigenvalue weighted by Crippen LogP contribution is -2.63. The Bertz CT molecular complexity index is 2280. The van der Waals surface area contributed by atoms with Gasteiger partial charge in [0.05, 0.1) is 11.6 Å². The van der Waals surface area contributed by atoms with Crippen LogP contribution in [0.15, 0.2) is 102 Å². The average Bonchev–Trinajstić information content (AvgIpc) is 3.89. The molecule has 4 aromatic rings. The molecule has 11 nitrogen and oxygen atoms in total. The van der Waals surface area contributed by atoms with Gasteiger partial charge in [0, 0.05) is 42.3 Å². The Morgan fingerprint density at radius 3 is 2.17 bits per heavy atom. The van der Waals surface area contributed by atoms with Gasteiger partial charge in [-0.3, -0.25) is 19.4 Å². The van der Waals surface area contributed by atoms with E-state index < -0.39 is 52.9 Å². The molecule has 2 heterocycles. The first-order valence-electron chi connectivity index (χ1n) is 19.6. The highest BCUT2D eigenvalue weighted by Crippen LogP contribution is 2.57. The number of hydrogen-bond acceptors (Lipinski definition) is 11. The van der Waals surface area contributed by atoms with E-state index in [9.17, 15) is 28.2 Å². The van der Waals surface area contributed by atoms with Crippen LogP contribution in [0.3, 0.4) is 0 Å². The summed E-state index contributed by atoms with van der Waals surface area (Å²) in [4.78, 5) is 33.6. The van der Waals surface area contributed by atoms with Crippen LogP contribution >= 0.6 is 0 Å². The lowest BCUT2D eigenvalue weighted by Gasteiger charge is -2.50. The number of nitrogens with zero attached hydrogens (tertiary/aromatic N) is 3. The van der Waals surface area contributed by atoms with Crippen molar-refractivity contribution in [3.63, 3.8) is 0 Å². The average molecular weight is 812 g/mol. The highest BCUT2D eigenvalue weighted by atomic mass is 19.4. The standard InChI is InChI=1S/C45H44F3N3O8/c1-3-17-51(18-4-2)37-32-22-29-21-31-35(33(56-25-27-13-7-5-8-14-27)23-30(24-50-19-11-12-20-50)39(31)58-45(46,47)48)38(52)34(29)41(53)44(32,55)42(54)36-40(37)59-49-43(36)57-26-28-15-9-6-10-16-28/h3-10,13-16,23,29,32,37,52,55H,1-2,11-12,17-22,24-26H2/t29-,32-,37-,44-/m0/s1. The van der Waals surface area contributed by atoms with Crippen molar-refractivity contribution in [2.24, 2.45) is 11.8 Å². The molecular weight excluding hydrogens is 768 g/mol. The molecule has 1 aliphatic heterocycles. The Balaban J connectivity index is 1.28. The summed E-state index contributed by atoms with van der Waals surface area (Å²) in [7, 11) is 0. The van der Waals surface area contributed by atoms with Crippen LogP contribution in [0.25, 0.3) is 5.76 Å². The van der Waals surface area contributed by atoms with E-state index in [0.717, 1.165) is 24.0 Å². The normalized spacial score (nSPS) is 22.7. The zero-order chi connectivity index (χ0) is 41.5. The minimum atomic E-state index is -5.10. The number of ketones is 2. The van der Waals surface area contributed by atoms with Gasteiger partial charge >= 0.3 is 6.36 Å². The first-order valence-corrected chi connectivity index (χ1v) is 19.6. The first-order chi connectivity index (χ1) is 28.4. The van der Waals surface area contributed by atoms with Gasteiger partial charge in [0.15, 0.2) is 11.4 Å². The molecule has 14 heteroatoms. The van der Waals surface area contributed by atoms with Crippen molar-refractivity contribution in [2.75, 3.05) is 26.2 Å². The Morgan fingerprint density at radius 2 is 1.56 bits per heavy atom. The number of fused-ring (bicyclic) bond motifs is 4. The van der Waals surface area contributed by atoms with Crippen LogP contribution in [0.2, 0.25) is 0 Å². The van der Waals surface area contributed by atoms with Gasteiger partial charge in [-0.05, 0) is 67.0 Å². The maximum atomic E-state index is 15.1. The van der Waals surface area contributed by atoms with Crippen LogP contribution in [0.4, 0.5) is 13.2 Å². The van der Waals surface area contributed by atoms with Gasteiger partial charge in [-0.1, -0.05) is 72.8 Å². The number of aliphatic hydroxyl groups is 2. The molecule has 8 rings (SSSR count). The minimum Gasteiger partial charge on any atom is -0.507 e. The lowest BCUT2D eigenvalue weighted by molar-refractivity contribution is -0.275. The van der Waals surface area contributed by atoms with Crippen molar-refractivity contribution in [1.29, 1.82) is 0 Å². The Morgan fingerprint density at radius 1 is 0.932 bits per heavy atom. The van der Waals surface area contributed by atoms with Crippen molar-refractivity contribution in [1.82, 2.24) is 15.0 Å². The Kier molecular flexibility index (Phi) is 11.0. The Labute approximate surface area is 339 Å². The Hall–Kier alpha value is -5.70. The van der Waals surface area contributed by atoms with Crippen molar-refractivity contribution in [2.45, 2.75) is 63.4 Å². The van der Waals surface area contributed by atoms with Crippen LogP contribution in [0.1, 0.15) is 69.2 Å². The zero-order valence-corrected chi connectivity index (χ0v) is 32.2. The van der Waals surface area contributed by atoms with Crippen LogP contribution in [0, 0.1) is 11.8 Å². The molecule has 2 fully saturated rings. The smallest absolute Gasteiger partial charge is 0.507 e. The molecule has 3 aliphatic carbocycles. The van der Waals surface area contributed by atoms with Gasteiger partial charge in [0.2, 0.25) is 11.6 Å². The summed E-state index contributed by atoms with van der Waals surface area (Å²) in [6.45, 7) is 9.64. The second-order valence-electron chi connectivity index (χ2n) is 15.4. The molecule has 4 atom stereocenters.